The minimum Gasteiger partial charge on any atom is -0.343 e. The van der Waals surface area contributed by atoms with Crippen molar-refractivity contribution in [2.75, 3.05) is 14.1 Å². The Hall–Kier alpha value is -1.09. The van der Waals surface area contributed by atoms with E-state index in [0.717, 1.165) is 5.69 Å². The monoisotopic (exact) mass is 198 g/mol. The van der Waals surface area contributed by atoms with Gasteiger partial charge in [-0.1, -0.05) is 6.07 Å². The zero-order valence-electron chi connectivity index (χ0n) is 7.62. The first-order valence-electron chi connectivity index (χ1n) is 3.88. The van der Waals surface area contributed by atoms with Crippen LogP contribution < -0.4 is 0 Å². The number of amides is 1. The van der Waals surface area contributed by atoms with Gasteiger partial charge < -0.3 is 4.90 Å². The lowest BCUT2D eigenvalue weighted by atomic mass is 10.3. The average molecular weight is 199 g/mol. The largest absolute Gasteiger partial charge is 0.343 e. The van der Waals surface area contributed by atoms with Crippen LogP contribution in [0.2, 0.25) is 0 Å². The lowest BCUT2D eigenvalue weighted by Gasteiger charge is -2.09. The summed E-state index contributed by atoms with van der Waals surface area (Å²) >= 11 is 5.60. The Bertz CT molecular complexity index is 312. The molecule has 1 amide bonds. The molecular formula is C9H11ClN2O. The molecule has 70 valence electrons. The fourth-order valence-corrected chi connectivity index (χ4v) is 1.05. The number of rotatable bonds is 2. The van der Waals surface area contributed by atoms with Crippen LogP contribution in [0.5, 0.6) is 0 Å². The molecular weight excluding hydrogens is 188 g/mol. The van der Waals surface area contributed by atoms with Crippen molar-refractivity contribution in [2.45, 2.75) is 5.88 Å². The third kappa shape index (κ3) is 2.42. The van der Waals surface area contributed by atoms with E-state index < -0.39 is 0 Å². The number of nitrogens with zero attached hydrogens (tertiary/aromatic N) is 2. The minimum atomic E-state index is -0.105. The van der Waals surface area contributed by atoms with Crippen LogP contribution in [-0.4, -0.2) is 29.9 Å². The summed E-state index contributed by atoms with van der Waals surface area (Å²) < 4.78 is 0. The van der Waals surface area contributed by atoms with Gasteiger partial charge in [0.2, 0.25) is 0 Å². The second-order valence-corrected chi connectivity index (χ2v) is 3.11. The van der Waals surface area contributed by atoms with E-state index in [1.807, 2.05) is 0 Å². The summed E-state index contributed by atoms with van der Waals surface area (Å²) in [6, 6.07) is 5.25. The summed E-state index contributed by atoms with van der Waals surface area (Å²) in [5.41, 5.74) is 1.15. The summed E-state index contributed by atoms with van der Waals surface area (Å²) in [6.45, 7) is 0. The van der Waals surface area contributed by atoms with Crippen LogP contribution in [0.4, 0.5) is 0 Å². The highest BCUT2D eigenvalue weighted by atomic mass is 35.5. The Morgan fingerprint density at radius 2 is 2.23 bits per heavy atom. The Morgan fingerprint density at radius 3 is 2.77 bits per heavy atom. The maximum absolute atomic E-state index is 11.4. The molecule has 4 heteroatoms. The van der Waals surface area contributed by atoms with Crippen molar-refractivity contribution in [1.82, 2.24) is 9.88 Å². The van der Waals surface area contributed by atoms with Crippen molar-refractivity contribution in [3.05, 3.63) is 29.6 Å². The van der Waals surface area contributed by atoms with E-state index in [9.17, 15) is 4.79 Å². The lowest BCUT2D eigenvalue weighted by molar-refractivity contribution is 0.0822. The molecule has 0 N–H and O–H groups in total. The molecule has 0 aliphatic heterocycles. The number of aromatic nitrogens is 1. The molecule has 1 heterocycles. The Balaban J connectivity index is 2.95. The Morgan fingerprint density at radius 1 is 1.54 bits per heavy atom. The van der Waals surface area contributed by atoms with E-state index in [4.69, 9.17) is 11.6 Å². The summed E-state index contributed by atoms with van der Waals surface area (Å²) in [7, 11) is 3.38. The van der Waals surface area contributed by atoms with Gasteiger partial charge in [-0.25, -0.2) is 4.98 Å². The highest BCUT2D eigenvalue weighted by Gasteiger charge is 2.08. The van der Waals surface area contributed by atoms with Crippen LogP contribution in [0.3, 0.4) is 0 Å². The van der Waals surface area contributed by atoms with Crippen molar-refractivity contribution >= 4 is 17.5 Å². The molecule has 0 unspecified atom stereocenters. The first-order valence-corrected chi connectivity index (χ1v) is 4.42. The topological polar surface area (TPSA) is 33.2 Å². The van der Waals surface area contributed by atoms with Crippen molar-refractivity contribution in [1.29, 1.82) is 0 Å². The highest BCUT2D eigenvalue weighted by molar-refractivity contribution is 6.16. The quantitative estimate of drug-likeness (QED) is 0.676. The molecule has 0 aliphatic rings. The van der Waals surface area contributed by atoms with Gasteiger partial charge in [-0.3, -0.25) is 4.79 Å². The molecule has 0 aromatic carbocycles. The van der Waals surface area contributed by atoms with E-state index in [1.54, 1.807) is 32.3 Å². The van der Waals surface area contributed by atoms with Crippen LogP contribution >= 0.6 is 11.6 Å². The average Bonchev–Trinajstić information content (AvgIpc) is 2.16. The van der Waals surface area contributed by atoms with Gasteiger partial charge in [0.25, 0.3) is 5.91 Å². The standard InChI is InChI=1S/C9H11ClN2O/c1-12(2)9(13)8-5-3-4-7(6-10)11-8/h3-5H,6H2,1-2H3. The molecule has 0 saturated carbocycles. The molecule has 3 nitrogen and oxygen atoms in total. The van der Waals surface area contributed by atoms with Gasteiger partial charge in [-0.05, 0) is 12.1 Å². The number of alkyl halides is 1. The van der Waals surface area contributed by atoms with Gasteiger partial charge in [0, 0.05) is 14.1 Å². The van der Waals surface area contributed by atoms with Crippen molar-refractivity contribution in [3.8, 4) is 0 Å². The minimum absolute atomic E-state index is 0.105. The fraction of sp³-hybridized carbons (Fsp3) is 0.333. The summed E-state index contributed by atoms with van der Waals surface area (Å²) in [5, 5.41) is 0. The van der Waals surface area contributed by atoms with Crippen molar-refractivity contribution in [3.63, 3.8) is 0 Å². The third-order valence-corrected chi connectivity index (χ3v) is 1.84. The van der Waals surface area contributed by atoms with Gasteiger partial charge in [0.1, 0.15) is 5.69 Å². The molecule has 1 rings (SSSR count). The number of halogens is 1. The van der Waals surface area contributed by atoms with E-state index in [0.29, 0.717) is 11.6 Å². The third-order valence-electron chi connectivity index (χ3n) is 1.57. The predicted octanol–water partition coefficient (Wildman–Crippen LogP) is 1.52. The highest BCUT2D eigenvalue weighted by Crippen LogP contribution is 2.03. The summed E-state index contributed by atoms with van der Waals surface area (Å²) in [4.78, 5) is 17.0. The Labute approximate surface area is 82.3 Å². The summed E-state index contributed by atoms with van der Waals surface area (Å²) in [5.74, 6) is 0.223. The number of pyridine rings is 1. The van der Waals surface area contributed by atoms with Gasteiger partial charge in [0.05, 0.1) is 11.6 Å². The van der Waals surface area contributed by atoms with Crippen LogP contribution in [0, 0.1) is 0 Å². The van der Waals surface area contributed by atoms with Gasteiger partial charge in [0.15, 0.2) is 0 Å². The SMILES string of the molecule is CN(C)C(=O)c1cccc(CCl)n1. The lowest BCUT2D eigenvalue weighted by Crippen LogP contribution is -2.22. The van der Waals surface area contributed by atoms with Gasteiger partial charge in [-0.2, -0.15) is 0 Å². The van der Waals surface area contributed by atoms with Crippen LogP contribution in [0.25, 0.3) is 0 Å². The molecule has 0 fully saturated rings. The smallest absolute Gasteiger partial charge is 0.271 e. The number of hydrogen-bond donors (Lipinski definition) is 0. The normalized spacial score (nSPS) is 9.77. The first kappa shape index (κ1) is 9.99. The van der Waals surface area contributed by atoms with Gasteiger partial charge in [-0.15, -0.1) is 11.6 Å². The van der Waals surface area contributed by atoms with Crippen LogP contribution in [0.15, 0.2) is 18.2 Å². The van der Waals surface area contributed by atoms with Crippen molar-refractivity contribution in [2.24, 2.45) is 0 Å². The van der Waals surface area contributed by atoms with Crippen LogP contribution in [0.1, 0.15) is 16.2 Å². The molecule has 0 atom stereocenters. The number of carbonyl (C=O) groups is 1. The summed E-state index contributed by atoms with van der Waals surface area (Å²) in [6.07, 6.45) is 0. The molecule has 0 spiro atoms. The van der Waals surface area contributed by atoms with Crippen LogP contribution in [-0.2, 0) is 5.88 Å². The fourth-order valence-electron chi connectivity index (χ4n) is 0.902. The maximum Gasteiger partial charge on any atom is 0.271 e. The van der Waals surface area contributed by atoms with E-state index >= 15 is 0 Å². The first-order chi connectivity index (χ1) is 6.15. The molecule has 0 radical (unpaired) electrons. The van der Waals surface area contributed by atoms with E-state index in [2.05, 4.69) is 4.98 Å². The number of hydrogen-bond acceptors (Lipinski definition) is 2. The predicted molar refractivity (Wildman–Crippen MR) is 51.8 cm³/mol. The molecule has 1 aromatic heterocycles. The second-order valence-electron chi connectivity index (χ2n) is 2.85. The van der Waals surface area contributed by atoms with Gasteiger partial charge >= 0.3 is 0 Å². The number of carbonyl (C=O) groups excluding carboxylic acids is 1. The molecule has 0 saturated heterocycles. The molecule has 13 heavy (non-hydrogen) atoms. The molecule has 1 aromatic rings. The zero-order valence-corrected chi connectivity index (χ0v) is 8.38. The van der Waals surface area contributed by atoms with Crippen molar-refractivity contribution < 1.29 is 4.79 Å². The van der Waals surface area contributed by atoms with E-state index in [1.165, 1.54) is 4.90 Å². The van der Waals surface area contributed by atoms with E-state index in [-0.39, 0.29) is 5.91 Å². The molecule has 0 aliphatic carbocycles. The Kier molecular flexibility index (Phi) is 3.25. The zero-order chi connectivity index (χ0) is 9.84. The molecule has 0 bridgehead atoms. The second kappa shape index (κ2) is 4.23. The maximum atomic E-state index is 11.4.